The molecule has 0 amide bonds. The molecule has 0 aliphatic rings. The maximum atomic E-state index is 11.2. The average molecular weight is 964 g/mol. The van der Waals surface area contributed by atoms with Gasteiger partial charge in [0, 0.05) is 17.5 Å². The van der Waals surface area contributed by atoms with Gasteiger partial charge in [-0.05, 0) is 162 Å². The van der Waals surface area contributed by atoms with Crippen molar-refractivity contribution < 1.29 is 23.5 Å². The lowest BCUT2D eigenvalue weighted by Gasteiger charge is -2.39. The largest absolute Gasteiger partial charge is 0.505 e. The van der Waals surface area contributed by atoms with E-state index >= 15 is 0 Å². The molecule has 6 aromatic carbocycles. The van der Waals surface area contributed by atoms with Crippen molar-refractivity contribution in [2.45, 2.75) is 92.4 Å². The second kappa shape index (κ2) is 18.9. The van der Waals surface area contributed by atoms with E-state index in [9.17, 15) is 15.3 Å². The zero-order chi connectivity index (χ0) is 48.7. The summed E-state index contributed by atoms with van der Waals surface area (Å²) < 4.78 is 13.4. The van der Waals surface area contributed by atoms with Crippen molar-refractivity contribution in [2.75, 3.05) is 0 Å². The SMILES string of the molecule is Cc1cc(CC(C)C[Si](C)(O[Si](C)(C)C)O[Si](C)(C)C)c(O)c(-n2nc3ccccc3n2)c1.Cc1cc(Cc2cc(C)cc(-n3nc4ccccc4n3)c2O)c(O)c(-n2nc3ccccc3n2)c1. The summed E-state index contributed by atoms with van der Waals surface area (Å²) in [7, 11) is -5.86. The molecule has 9 aromatic rings. The number of phenolic OH excluding ortho intramolecular Hbond substituents is 3. The number of hydrogen-bond acceptors (Lipinski definition) is 11. The van der Waals surface area contributed by atoms with Gasteiger partial charge in [0.25, 0.3) is 0 Å². The summed E-state index contributed by atoms with van der Waals surface area (Å²) in [5.74, 6) is 0.690. The van der Waals surface area contributed by atoms with Crippen LogP contribution in [0.4, 0.5) is 0 Å². The van der Waals surface area contributed by atoms with Crippen molar-refractivity contribution >= 4 is 58.3 Å². The van der Waals surface area contributed by atoms with Gasteiger partial charge >= 0.3 is 8.56 Å². The third-order valence-corrected chi connectivity index (χ3v) is 21.0. The van der Waals surface area contributed by atoms with Gasteiger partial charge in [0.1, 0.15) is 67.4 Å². The Labute approximate surface area is 400 Å². The van der Waals surface area contributed by atoms with Crippen LogP contribution in [-0.2, 0) is 21.1 Å². The van der Waals surface area contributed by atoms with Crippen LogP contribution in [0.5, 0.6) is 17.2 Å². The number of fused-ring (bicyclic) bond motifs is 3. The van der Waals surface area contributed by atoms with E-state index < -0.39 is 25.2 Å². The Kier molecular flexibility index (Phi) is 13.3. The second-order valence-corrected chi connectivity index (χ2v) is 32.8. The van der Waals surface area contributed by atoms with Crippen molar-refractivity contribution in [1.82, 2.24) is 45.0 Å². The predicted octanol–water partition coefficient (Wildman–Crippen LogP) is 11.2. The quantitative estimate of drug-likeness (QED) is 0.0939. The summed E-state index contributed by atoms with van der Waals surface area (Å²) in [6.07, 6.45) is 1.05. The predicted molar refractivity (Wildman–Crippen MR) is 277 cm³/mol. The van der Waals surface area contributed by atoms with Gasteiger partial charge in [-0.25, -0.2) is 0 Å². The van der Waals surface area contributed by atoms with Crippen molar-refractivity contribution in [3.05, 3.63) is 143 Å². The Hall–Kier alpha value is -6.51. The minimum Gasteiger partial charge on any atom is -0.505 e. The summed E-state index contributed by atoms with van der Waals surface area (Å²) in [5.41, 5.74) is 11.4. The summed E-state index contributed by atoms with van der Waals surface area (Å²) in [4.78, 5) is 4.46. The lowest BCUT2D eigenvalue weighted by atomic mass is 9.98. The Bertz CT molecular complexity index is 3040. The molecule has 68 heavy (non-hydrogen) atoms. The maximum Gasteiger partial charge on any atom is 0.314 e. The van der Waals surface area contributed by atoms with Gasteiger partial charge < -0.3 is 23.5 Å². The zero-order valence-electron chi connectivity index (χ0n) is 40.8. The number of hydrogen-bond donors (Lipinski definition) is 3. The third kappa shape index (κ3) is 11.1. The number of aromatic nitrogens is 9. The molecule has 0 saturated heterocycles. The van der Waals surface area contributed by atoms with E-state index in [0.717, 1.165) is 67.8 Å². The van der Waals surface area contributed by atoms with Crippen molar-refractivity contribution in [1.29, 1.82) is 0 Å². The summed E-state index contributed by atoms with van der Waals surface area (Å²) in [5, 5.41) is 60.7. The molecular weight excluding hydrogens is 903 g/mol. The summed E-state index contributed by atoms with van der Waals surface area (Å²) >= 11 is 0. The lowest BCUT2D eigenvalue weighted by molar-refractivity contribution is 0.368. The highest BCUT2D eigenvalue weighted by atomic mass is 28.5. The summed E-state index contributed by atoms with van der Waals surface area (Å²) in [6.45, 7) is 23.8. The molecular formula is C51H61N9O5Si3. The van der Waals surface area contributed by atoms with E-state index in [-0.39, 0.29) is 17.2 Å². The van der Waals surface area contributed by atoms with E-state index in [0.29, 0.717) is 40.5 Å². The Morgan fingerprint density at radius 1 is 0.456 bits per heavy atom. The molecule has 0 saturated carbocycles. The maximum absolute atomic E-state index is 11.2. The molecule has 1 unspecified atom stereocenters. The normalized spacial score (nSPS) is 12.8. The topological polar surface area (TPSA) is 171 Å². The minimum absolute atomic E-state index is 0.0707. The number of benzene rings is 6. The highest BCUT2D eigenvalue weighted by Gasteiger charge is 2.41. The molecule has 1 atom stereocenters. The molecule has 0 aliphatic heterocycles. The minimum atomic E-state index is -2.36. The van der Waals surface area contributed by atoms with Gasteiger partial charge in [0.05, 0.1) is 0 Å². The van der Waals surface area contributed by atoms with Crippen molar-refractivity contribution in [3.63, 3.8) is 0 Å². The summed E-state index contributed by atoms with van der Waals surface area (Å²) in [6, 6.07) is 35.3. The standard InChI is InChI=1S/C27H22N6O2.C24H39N3O3Si3/c1-16-11-18(26(34)24(13-16)32-28-20-7-3-4-8-21(20)29-32)15-19-12-17(2)14-25(27(19)35)33-30-22-9-5-6-10-23(22)31-33;1-18-14-20(15-19(2)17-33(9,29-31(3,4)5)30-32(6,7)8)24(28)23(16-18)27-25-21-12-10-11-13-22(21)26-27/h3-14,34-35H,15H2,1-2H3;10-14,16,19,28H,15,17H2,1-9H3. The van der Waals surface area contributed by atoms with E-state index in [1.165, 1.54) is 9.59 Å². The molecule has 3 aromatic heterocycles. The van der Waals surface area contributed by atoms with Crippen LogP contribution in [0.25, 0.3) is 50.2 Å². The van der Waals surface area contributed by atoms with Crippen LogP contribution in [0.15, 0.2) is 109 Å². The third-order valence-electron chi connectivity index (χ3n) is 11.2. The molecule has 0 spiro atoms. The smallest absolute Gasteiger partial charge is 0.314 e. The number of phenols is 3. The monoisotopic (exact) mass is 963 g/mol. The van der Waals surface area contributed by atoms with Crippen LogP contribution in [-0.4, -0.2) is 85.5 Å². The molecule has 0 aliphatic carbocycles. The zero-order valence-corrected chi connectivity index (χ0v) is 43.8. The highest BCUT2D eigenvalue weighted by Crippen LogP contribution is 2.36. The number of aromatic hydroxyl groups is 3. The Morgan fingerprint density at radius 3 is 1.03 bits per heavy atom. The molecule has 0 bridgehead atoms. The van der Waals surface area contributed by atoms with Crippen molar-refractivity contribution in [3.8, 4) is 34.3 Å². The van der Waals surface area contributed by atoms with Gasteiger partial charge in [-0.3, -0.25) is 0 Å². The number of rotatable bonds is 13. The molecule has 0 radical (unpaired) electrons. The van der Waals surface area contributed by atoms with Gasteiger partial charge in [0.2, 0.25) is 0 Å². The van der Waals surface area contributed by atoms with Gasteiger partial charge in [-0.1, -0.05) is 61.5 Å². The van der Waals surface area contributed by atoms with E-state index in [1.807, 2.05) is 124 Å². The first-order valence-corrected chi connectivity index (χ1v) is 32.3. The fourth-order valence-corrected chi connectivity index (χ4v) is 22.0. The molecule has 352 valence electrons. The van der Waals surface area contributed by atoms with Gasteiger partial charge in [0.15, 0.2) is 16.6 Å². The number of aryl methyl sites for hydroxylation is 3. The van der Waals surface area contributed by atoms with Crippen LogP contribution in [0.3, 0.4) is 0 Å². The first kappa shape index (κ1) is 48.0. The molecule has 17 heteroatoms. The lowest BCUT2D eigenvalue weighted by Crippen LogP contribution is -2.53. The first-order valence-electron chi connectivity index (χ1n) is 23.0. The number of nitrogens with zero attached hydrogens (tertiary/aromatic N) is 9. The van der Waals surface area contributed by atoms with E-state index in [4.69, 9.17) is 8.23 Å². The highest BCUT2D eigenvalue weighted by molar-refractivity contribution is 6.87. The average Bonchev–Trinajstić information content (AvgIpc) is 4.00. The van der Waals surface area contributed by atoms with E-state index in [1.54, 1.807) is 4.80 Å². The van der Waals surface area contributed by atoms with Crippen molar-refractivity contribution in [2.24, 2.45) is 5.92 Å². The van der Waals surface area contributed by atoms with Crippen LogP contribution < -0.4 is 0 Å². The van der Waals surface area contributed by atoms with Gasteiger partial charge in [-0.2, -0.15) is 0 Å². The van der Waals surface area contributed by atoms with Crippen LogP contribution >= 0.6 is 0 Å². The molecule has 9 rings (SSSR count). The molecule has 3 heterocycles. The Morgan fingerprint density at radius 2 is 0.735 bits per heavy atom. The molecule has 0 fully saturated rings. The first-order chi connectivity index (χ1) is 32.1. The fourth-order valence-electron chi connectivity index (χ4n) is 8.97. The van der Waals surface area contributed by atoms with Crippen LogP contribution in [0, 0.1) is 26.7 Å². The van der Waals surface area contributed by atoms with Crippen LogP contribution in [0.1, 0.15) is 40.3 Å². The second-order valence-electron chi connectivity index (χ2n) is 20.1. The molecule has 3 N–H and O–H groups in total. The molecule has 14 nitrogen and oxygen atoms in total. The van der Waals surface area contributed by atoms with Gasteiger partial charge in [-0.15, -0.1) is 45.0 Å². The van der Waals surface area contributed by atoms with E-state index in [2.05, 4.69) is 89.4 Å². The Balaban J connectivity index is 0.000000184. The fraction of sp³-hybridized carbons (Fsp3) is 0.294. The van der Waals surface area contributed by atoms with Crippen LogP contribution in [0.2, 0.25) is 51.9 Å².